The molecule has 2 N–H and O–H groups in total. The van der Waals surface area contributed by atoms with Gasteiger partial charge in [-0.1, -0.05) is 12.1 Å². The molecule has 0 aliphatic heterocycles. The SMILES string of the molecule is COc1ccc(CCNC(=O)c2cc(C(=O)NCCN(C)C)ccn2)cc1. The van der Waals surface area contributed by atoms with E-state index in [1.165, 1.54) is 12.3 Å². The van der Waals surface area contributed by atoms with Crippen molar-refractivity contribution < 1.29 is 14.3 Å². The van der Waals surface area contributed by atoms with E-state index in [0.717, 1.165) is 17.9 Å². The van der Waals surface area contributed by atoms with E-state index in [1.807, 2.05) is 43.3 Å². The van der Waals surface area contributed by atoms with Gasteiger partial charge in [0.15, 0.2) is 0 Å². The van der Waals surface area contributed by atoms with Gasteiger partial charge in [-0.2, -0.15) is 0 Å². The van der Waals surface area contributed by atoms with Gasteiger partial charge in [0.05, 0.1) is 7.11 Å². The van der Waals surface area contributed by atoms with Crippen LogP contribution in [0.4, 0.5) is 0 Å². The molecule has 27 heavy (non-hydrogen) atoms. The Bertz CT molecular complexity index is 760. The molecule has 0 bridgehead atoms. The fourth-order valence-corrected chi connectivity index (χ4v) is 2.39. The molecule has 0 saturated heterocycles. The lowest BCUT2D eigenvalue weighted by Gasteiger charge is -2.11. The van der Waals surface area contributed by atoms with Gasteiger partial charge in [-0.15, -0.1) is 0 Å². The Hall–Kier alpha value is -2.93. The first-order valence-corrected chi connectivity index (χ1v) is 8.79. The van der Waals surface area contributed by atoms with Gasteiger partial charge in [-0.25, -0.2) is 0 Å². The van der Waals surface area contributed by atoms with Crippen molar-refractivity contribution in [1.29, 1.82) is 0 Å². The number of carbonyl (C=O) groups is 2. The predicted molar refractivity (Wildman–Crippen MR) is 104 cm³/mol. The van der Waals surface area contributed by atoms with E-state index in [4.69, 9.17) is 4.74 Å². The molecule has 2 amide bonds. The normalized spacial score (nSPS) is 10.5. The fourth-order valence-electron chi connectivity index (χ4n) is 2.39. The molecule has 7 nitrogen and oxygen atoms in total. The van der Waals surface area contributed by atoms with Crippen molar-refractivity contribution in [3.8, 4) is 5.75 Å². The lowest BCUT2D eigenvalue weighted by atomic mass is 10.1. The molecular formula is C20H26N4O3. The first kappa shape index (κ1) is 20.4. The second-order valence-electron chi connectivity index (χ2n) is 6.34. The van der Waals surface area contributed by atoms with Crippen molar-refractivity contribution in [3.05, 3.63) is 59.4 Å². The Morgan fingerprint density at radius 2 is 1.74 bits per heavy atom. The zero-order chi connectivity index (χ0) is 19.6. The van der Waals surface area contributed by atoms with E-state index >= 15 is 0 Å². The zero-order valence-electron chi connectivity index (χ0n) is 16.0. The average Bonchev–Trinajstić information content (AvgIpc) is 2.68. The highest BCUT2D eigenvalue weighted by Gasteiger charge is 2.11. The van der Waals surface area contributed by atoms with Crippen LogP contribution in [-0.2, 0) is 6.42 Å². The molecule has 0 saturated carbocycles. The van der Waals surface area contributed by atoms with Crippen molar-refractivity contribution in [1.82, 2.24) is 20.5 Å². The Morgan fingerprint density at radius 3 is 2.41 bits per heavy atom. The molecule has 0 fully saturated rings. The highest BCUT2D eigenvalue weighted by atomic mass is 16.5. The summed E-state index contributed by atoms with van der Waals surface area (Å²) in [5, 5.41) is 5.65. The summed E-state index contributed by atoms with van der Waals surface area (Å²) in [5.41, 5.74) is 1.74. The summed E-state index contributed by atoms with van der Waals surface area (Å²) >= 11 is 0. The molecule has 0 unspecified atom stereocenters. The monoisotopic (exact) mass is 370 g/mol. The Kier molecular flexibility index (Phi) is 7.76. The summed E-state index contributed by atoms with van der Waals surface area (Å²) in [5.74, 6) is 0.283. The average molecular weight is 370 g/mol. The minimum absolute atomic E-state index is 0.216. The molecule has 0 radical (unpaired) electrons. The van der Waals surface area contributed by atoms with Crippen LogP contribution < -0.4 is 15.4 Å². The van der Waals surface area contributed by atoms with Crippen molar-refractivity contribution in [2.45, 2.75) is 6.42 Å². The lowest BCUT2D eigenvalue weighted by Crippen LogP contribution is -2.32. The molecule has 0 spiro atoms. The van der Waals surface area contributed by atoms with E-state index in [1.54, 1.807) is 13.2 Å². The van der Waals surface area contributed by atoms with Gasteiger partial charge in [-0.3, -0.25) is 14.6 Å². The summed E-state index contributed by atoms with van der Waals surface area (Å²) in [6, 6.07) is 10.8. The molecule has 7 heteroatoms. The van der Waals surface area contributed by atoms with Gasteiger partial charge < -0.3 is 20.3 Å². The van der Waals surface area contributed by atoms with E-state index in [9.17, 15) is 9.59 Å². The number of rotatable bonds is 9. The van der Waals surface area contributed by atoms with Crippen LogP contribution in [0, 0.1) is 0 Å². The lowest BCUT2D eigenvalue weighted by molar-refractivity contribution is 0.0949. The molecular weight excluding hydrogens is 344 g/mol. The minimum atomic E-state index is -0.300. The summed E-state index contributed by atoms with van der Waals surface area (Å²) in [7, 11) is 5.50. The first-order chi connectivity index (χ1) is 13.0. The largest absolute Gasteiger partial charge is 0.497 e. The van der Waals surface area contributed by atoms with Crippen LogP contribution in [0.5, 0.6) is 5.75 Å². The van der Waals surface area contributed by atoms with Crippen LogP contribution >= 0.6 is 0 Å². The smallest absolute Gasteiger partial charge is 0.269 e. The number of nitrogens with one attached hydrogen (secondary N) is 2. The number of hydrogen-bond acceptors (Lipinski definition) is 5. The molecule has 0 aliphatic rings. The molecule has 2 rings (SSSR count). The number of ether oxygens (including phenoxy) is 1. The second-order valence-corrected chi connectivity index (χ2v) is 6.34. The predicted octanol–water partition coefficient (Wildman–Crippen LogP) is 1.35. The number of aromatic nitrogens is 1. The molecule has 0 aliphatic carbocycles. The number of benzene rings is 1. The quantitative estimate of drug-likeness (QED) is 0.696. The summed E-state index contributed by atoms with van der Waals surface area (Å²) < 4.78 is 5.12. The van der Waals surface area contributed by atoms with E-state index in [0.29, 0.717) is 25.1 Å². The number of hydrogen-bond donors (Lipinski definition) is 2. The van der Waals surface area contributed by atoms with Crippen LogP contribution in [0.1, 0.15) is 26.4 Å². The van der Waals surface area contributed by atoms with Crippen molar-refractivity contribution in [2.75, 3.05) is 40.8 Å². The molecule has 1 aromatic heterocycles. The van der Waals surface area contributed by atoms with Gasteiger partial charge in [0.2, 0.25) is 0 Å². The third-order valence-electron chi connectivity index (χ3n) is 3.96. The van der Waals surface area contributed by atoms with Crippen LogP contribution in [0.2, 0.25) is 0 Å². The molecule has 1 heterocycles. The topological polar surface area (TPSA) is 83.6 Å². The van der Waals surface area contributed by atoms with Gasteiger partial charge >= 0.3 is 0 Å². The maximum absolute atomic E-state index is 12.3. The number of nitrogens with zero attached hydrogens (tertiary/aromatic N) is 2. The highest BCUT2D eigenvalue weighted by Crippen LogP contribution is 2.11. The first-order valence-electron chi connectivity index (χ1n) is 8.79. The van der Waals surface area contributed by atoms with E-state index in [2.05, 4.69) is 15.6 Å². The Balaban J connectivity index is 1.85. The standard InChI is InChI=1S/C20H26N4O3/c1-24(2)13-12-23-19(25)16-9-11-21-18(14-16)20(26)22-10-8-15-4-6-17(27-3)7-5-15/h4-7,9,11,14H,8,10,12-13H2,1-3H3,(H,22,26)(H,23,25). The Morgan fingerprint density at radius 1 is 1.04 bits per heavy atom. The second kappa shape index (κ2) is 10.3. The van der Waals surface area contributed by atoms with Gasteiger partial charge in [-0.05, 0) is 50.3 Å². The molecule has 2 aromatic rings. The Labute approximate surface area is 159 Å². The van der Waals surface area contributed by atoms with Crippen LogP contribution in [0.25, 0.3) is 0 Å². The van der Waals surface area contributed by atoms with Gasteiger partial charge in [0.1, 0.15) is 11.4 Å². The minimum Gasteiger partial charge on any atom is -0.497 e. The third-order valence-corrected chi connectivity index (χ3v) is 3.96. The van der Waals surface area contributed by atoms with Gasteiger partial charge in [0.25, 0.3) is 11.8 Å². The van der Waals surface area contributed by atoms with E-state index in [-0.39, 0.29) is 17.5 Å². The summed E-state index contributed by atoms with van der Waals surface area (Å²) in [6.07, 6.45) is 2.17. The van der Waals surface area contributed by atoms with Crippen molar-refractivity contribution >= 4 is 11.8 Å². The number of amides is 2. The molecule has 0 atom stereocenters. The maximum Gasteiger partial charge on any atom is 0.269 e. The van der Waals surface area contributed by atoms with Crippen LogP contribution in [0.3, 0.4) is 0 Å². The van der Waals surface area contributed by atoms with Crippen molar-refractivity contribution in [3.63, 3.8) is 0 Å². The zero-order valence-corrected chi connectivity index (χ0v) is 16.0. The number of methoxy groups -OCH3 is 1. The molecule has 1 aromatic carbocycles. The number of likely N-dealkylation sites (N-methyl/N-ethyl adjacent to an activating group) is 1. The van der Waals surface area contributed by atoms with E-state index < -0.39 is 0 Å². The highest BCUT2D eigenvalue weighted by molar-refractivity contribution is 5.98. The number of carbonyl (C=O) groups excluding carboxylic acids is 2. The summed E-state index contributed by atoms with van der Waals surface area (Å²) in [4.78, 5) is 30.5. The van der Waals surface area contributed by atoms with Crippen molar-refractivity contribution in [2.24, 2.45) is 0 Å². The third kappa shape index (κ3) is 6.71. The summed E-state index contributed by atoms with van der Waals surface area (Å²) in [6.45, 7) is 1.76. The van der Waals surface area contributed by atoms with Gasteiger partial charge in [0, 0.05) is 31.4 Å². The molecule has 144 valence electrons. The fraction of sp³-hybridized carbons (Fsp3) is 0.350. The maximum atomic E-state index is 12.3. The van der Waals surface area contributed by atoms with Crippen LogP contribution in [-0.4, -0.2) is 62.5 Å². The number of pyridine rings is 1. The van der Waals surface area contributed by atoms with Crippen LogP contribution in [0.15, 0.2) is 42.6 Å².